The van der Waals surface area contributed by atoms with Gasteiger partial charge in [-0.05, 0) is 31.9 Å². The van der Waals surface area contributed by atoms with Crippen LogP contribution < -0.4 is 5.32 Å². The fraction of sp³-hybridized carbons (Fsp3) is 0.733. The van der Waals surface area contributed by atoms with Gasteiger partial charge in [-0.3, -0.25) is 0 Å². The van der Waals surface area contributed by atoms with E-state index in [-0.39, 0.29) is 0 Å². The van der Waals surface area contributed by atoms with Crippen molar-refractivity contribution in [1.29, 1.82) is 0 Å². The number of aryl methyl sites for hydroxylation is 1. The number of rotatable bonds is 9. The lowest BCUT2D eigenvalue weighted by Crippen LogP contribution is -2.18. The summed E-state index contributed by atoms with van der Waals surface area (Å²) in [5.74, 6) is 2.65. The van der Waals surface area contributed by atoms with Crippen molar-refractivity contribution in [3.05, 3.63) is 23.2 Å². The lowest BCUT2D eigenvalue weighted by Gasteiger charge is -2.04. The maximum atomic E-state index is 5.71. The minimum atomic E-state index is 0.665. The molecule has 1 aromatic heterocycles. The monoisotopic (exact) mass is 253 g/mol. The van der Waals surface area contributed by atoms with Crippen molar-refractivity contribution in [2.75, 3.05) is 13.2 Å². The van der Waals surface area contributed by atoms with Crippen LogP contribution in [-0.2, 0) is 17.9 Å². The van der Waals surface area contributed by atoms with Gasteiger partial charge in [-0.1, -0.05) is 27.2 Å². The van der Waals surface area contributed by atoms with Crippen molar-refractivity contribution in [2.24, 2.45) is 5.92 Å². The molecule has 1 N–H and O–H groups in total. The minimum absolute atomic E-state index is 0.665. The van der Waals surface area contributed by atoms with E-state index in [1.54, 1.807) is 0 Å². The molecule has 0 aliphatic heterocycles. The zero-order chi connectivity index (χ0) is 13.4. The number of hydrogen-bond donors (Lipinski definition) is 1. The Morgan fingerprint density at radius 2 is 2.17 bits per heavy atom. The van der Waals surface area contributed by atoms with Gasteiger partial charge in [0.25, 0.3) is 0 Å². The number of nitrogens with one attached hydrogen (secondary N) is 1. The summed E-state index contributed by atoms with van der Waals surface area (Å²) in [6, 6.07) is 2.11. The number of ether oxygens (including phenoxy) is 1. The molecule has 0 saturated heterocycles. The molecule has 3 heteroatoms. The summed E-state index contributed by atoms with van der Waals surface area (Å²) in [5.41, 5.74) is 1.17. The Kier molecular flexibility index (Phi) is 7.06. The second-order valence-corrected chi connectivity index (χ2v) is 5.23. The molecule has 0 fully saturated rings. The van der Waals surface area contributed by atoms with Gasteiger partial charge in [0, 0.05) is 12.2 Å². The van der Waals surface area contributed by atoms with E-state index in [4.69, 9.17) is 9.15 Å². The molecule has 0 amide bonds. The van der Waals surface area contributed by atoms with Gasteiger partial charge < -0.3 is 14.5 Å². The van der Waals surface area contributed by atoms with Crippen LogP contribution in [0.15, 0.2) is 10.5 Å². The summed E-state index contributed by atoms with van der Waals surface area (Å²) in [4.78, 5) is 0. The summed E-state index contributed by atoms with van der Waals surface area (Å²) < 4.78 is 11.3. The fourth-order valence-corrected chi connectivity index (χ4v) is 1.73. The smallest absolute Gasteiger partial charge is 0.118 e. The van der Waals surface area contributed by atoms with Crippen molar-refractivity contribution in [3.63, 3.8) is 0 Å². The van der Waals surface area contributed by atoms with E-state index in [0.29, 0.717) is 12.5 Å². The van der Waals surface area contributed by atoms with Crippen molar-refractivity contribution in [1.82, 2.24) is 5.32 Å². The fourth-order valence-electron chi connectivity index (χ4n) is 1.73. The normalized spacial score (nSPS) is 11.4. The van der Waals surface area contributed by atoms with Crippen molar-refractivity contribution in [2.45, 2.75) is 53.7 Å². The molecule has 0 aromatic carbocycles. The topological polar surface area (TPSA) is 34.4 Å². The van der Waals surface area contributed by atoms with Gasteiger partial charge in [0.15, 0.2) is 0 Å². The molecule has 0 atom stereocenters. The highest BCUT2D eigenvalue weighted by atomic mass is 16.5. The van der Waals surface area contributed by atoms with E-state index in [2.05, 4.69) is 32.2 Å². The molecule has 0 aliphatic rings. The van der Waals surface area contributed by atoms with Crippen LogP contribution in [0, 0.1) is 12.8 Å². The second kappa shape index (κ2) is 8.33. The summed E-state index contributed by atoms with van der Waals surface area (Å²) in [6.07, 6.45) is 2.30. The van der Waals surface area contributed by atoms with E-state index in [9.17, 15) is 0 Å². The Hall–Kier alpha value is -0.800. The Bertz CT molecular complexity index is 331. The zero-order valence-corrected chi connectivity index (χ0v) is 12.2. The first-order chi connectivity index (χ1) is 8.63. The van der Waals surface area contributed by atoms with Gasteiger partial charge in [0.2, 0.25) is 0 Å². The molecule has 1 rings (SSSR count). The molecule has 3 nitrogen and oxygen atoms in total. The lowest BCUT2D eigenvalue weighted by molar-refractivity contribution is 0.117. The SMILES string of the molecule is CCCCOCc1cc(CNCC(C)C)oc1C. The molecular formula is C15H27NO2. The van der Waals surface area contributed by atoms with E-state index in [1.165, 1.54) is 12.0 Å². The third-order valence-electron chi connectivity index (χ3n) is 2.82. The van der Waals surface area contributed by atoms with Gasteiger partial charge >= 0.3 is 0 Å². The molecule has 0 spiro atoms. The average Bonchev–Trinajstić information content (AvgIpc) is 2.65. The Morgan fingerprint density at radius 1 is 1.39 bits per heavy atom. The van der Waals surface area contributed by atoms with Crippen LogP contribution in [0.2, 0.25) is 0 Å². The molecule has 0 unspecified atom stereocenters. The summed E-state index contributed by atoms with van der Waals surface area (Å²) in [5, 5.41) is 3.38. The molecule has 1 heterocycles. The van der Waals surface area contributed by atoms with Gasteiger partial charge in [-0.15, -0.1) is 0 Å². The minimum Gasteiger partial charge on any atom is -0.465 e. The maximum Gasteiger partial charge on any atom is 0.118 e. The van der Waals surface area contributed by atoms with Crippen molar-refractivity contribution >= 4 is 0 Å². The molecule has 0 saturated carbocycles. The Morgan fingerprint density at radius 3 is 2.83 bits per heavy atom. The van der Waals surface area contributed by atoms with E-state index in [0.717, 1.165) is 37.6 Å². The van der Waals surface area contributed by atoms with Crippen LogP contribution >= 0.6 is 0 Å². The van der Waals surface area contributed by atoms with Crippen LogP contribution in [0.1, 0.15) is 50.7 Å². The van der Waals surface area contributed by atoms with E-state index >= 15 is 0 Å². The highest BCUT2D eigenvalue weighted by molar-refractivity contribution is 5.19. The maximum absolute atomic E-state index is 5.71. The largest absolute Gasteiger partial charge is 0.465 e. The number of furan rings is 1. The molecule has 1 aromatic rings. The number of hydrogen-bond acceptors (Lipinski definition) is 3. The zero-order valence-electron chi connectivity index (χ0n) is 12.2. The standard InChI is InChI=1S/C15H27NO2/c1-5-6-7-17-11-14-8-15(18-13(14)4)10-16-9-12(2)3/h8,12,16H,5-7,9-11H2,1-4H3. The molecule has 18 heavy (non-hydrogen) atoms. The predicted molar refractivity (Wildman–Crippen MR) is 74.6 cm³/mol. The van der Waals surface area contributed by atoms with Gasteiger partial charge in [-0.2, -0.15) is 0 Å². The first-order valence-electron chi connectivity index (χ1n) is 7.00. The van der Waals surface area contributed by atoms with E-state index in [1.807, 2.05) is 6.92 Å². The third-order valence-corrected chi connectivity index (χ3v) is 2.82. The summed E-state index contributed by atoms with van der Waals surface area (Å²) >= 11 is 0. The van der Waals surface area contributed by atoms with Crippen LogP contribution in [0.4, 0.5) is 0 Å². The van der Waals surface area contributed by atoms with Crippen LogP contribution in [0.5, 0.6) is 0 Å². The first-order valence-corrected chi connectivity index (χ1v) is 7.00. The second-order valence-electron chi connectivity index (χ2n) is 5.23. The third kappa shape index (κ3) is 5.69. The Labute approximate surface area is 111 Å². The van der Waals surface area contributed by atoms with Gasteiger partial charge in [0.05, 0.1) is 13.2 Å². The molecule has 0 bridgehead atoms. The molecule has 0 aliphatic carbocycles. The number of unbranched alkanes of at least 4 members (excludes halogenated alkanes) is 1. The molecular weight excluding hydrogens is 226 g/mol. The van der Waals surface area contributed by atoms with Gasteiger partial charge in [-0.25, -0.2) is 0 Å². The quantitative estimate of drug-likeness (QED) is 0.682. The van der Waals surface area contributed by atoms with Crippen LogP contribution in [0.25, 0.3) is 0 Å². The van der Waals surface area contributed by atoms with Crippen molar-refractivity contribution in [3.8, 4) is 0 Å². The summed E-state index contributed by atoms with van der Waals surface area (Å²) in [6.45, 7) is 11.9. The first kappa shape index (κ1) is 15.3. The summed E-state index contributed by atoms with van der Waals surface area (Å²) in [7, 11) is 0. The van der Waals surface area contributed by atoms with Crippen LogP contribution in [0.3, 0.4) is 0 Å². The van der Waals surface area contributed by atoms with E-state index < -0.39 is 0 Å². The lowest BCUT2D eigenvalue weighted by atomic mass is 10.2. The highest BCUT2D eigenvalue weighted by Gasteiger charge is 2.07. The predicted octanol–water partition coefficient (Wildman–Crippen LogP) is 3.65. The van der Waals surface area contributed by atoms with Crippen LogP contribution in [-0.4, -0.2) is 13.2 Å². The van der Waals surface area contributed by atoms with Crippen molar-refractivity contribution < 1.29 is 9.15 Å². The highest BCUT2D eigenvalue weighted by Crippen LogP contribution is 2.15. The Balaban J connectivity index is 2.33. The van der Waals surface area contributed by atoms with Gasteiger partial charge in [0.1, 0.15) is 11.5 Å². The average molecular weight is 253 g/mol. The molecule has 104 valence electrons. The molecule has 0 radical (unpaired) electrons.